The van der Waals surface area contributed by atoms with Crippen LogP contribution >= 0.6 is 16.1 Å². The molecule has 128 valence electrons. The molecule has 0 radical (unpaired) electrons. The van der Waals surface area contributed by atoms with Gasteiger partial charge in [0.25, 0.3) is 0 Å². The van der Waals surface area contributed by atoms with E-state index in [1.54, 1.807) is 0 Å². The summed E-state index contributed by atoms with van der Waals surface area (Å²) in [5, 5.41) is 11.0. The van der Waals surface area contributed by atoms with Gasteiger partial charge < -0.3 is 5.32 Å². The maximum atomic E-state index is 3.74. The van der Waals surface area contributed by atoms with Crippen LogP contribution in [-0.2, 0) is 0 Å². The predicted molar refractivity (Wildman–Crippen MR) is 103 cm³/mol. The minimum absolute atomic E-state index is 0.0331. The fourth-order valence-electron chi connectivity index (χ4n) is 2.59. The molecule has 0 aromatic rings. The van der Waals surface area contributed by atoms with E-state index < -0.39 is 0 Å². The highest BCUT2D eigenvalue weighted by molar-refractivity contribution is 7.57. The van der Waals surface area contributed by atoms with Crippen molar-refractivity contribution in [2.24, 2.45) is 0 Å². The second-order valence-electron chi connectivity index (χ2n) is 6.76. The molecule has 3 nitrogen and oxygen atoms in total. The van der Waals surface area contributed by atoms with Gasteiger partial charge >= 0.3 is 0 Å². The highest BCUT2D eigenvalue weighted by atomic mass is 31.1. The van der Waals surface area contributed by atoms with Crippen LogP contribution in [0.2, 0.25) is 0 Å². The van der Waals surface area contributed by atoms with Gasteiger partial charge in [-0.2, -0.15) is 0 Å². The zero-order chi connectivity index (χ0) is 16.4. The second kappa shape index (κ2) is 12.2. The summed E-state index contributed by atoms with van der Waals surface area (Å²) in [6.07, 6.45) is 0. The van der Waals surface area contributed by atoms with Gasteiger partial charge in [-0.1, -0.05) is 55.4 Å². The van der Waals surface area contributed by atoms with Gasteiger partial charge in [0.15, 0.2) is 0 Å². The fraction of sp³-hybridized carbons (Fsp3) is 1.00. The van der Waals surface area contributed by atoms with E-state index in [1.165, 1.54) is 0 Å². The summed E-state index contributed by atoms with van der Waals surface area (Å²) < 4.78 is 0. The van der Waals surface area contributed by atoms with Crippen LogP contribution in [0.3, 0.4) is 0 Å². The third-order valence-corrected chi connectivity index (χ3v) is 9.05. The smallest absolute Gasteiger partial charge is 0.0116 e. The topological polar surface area (TPSA) is 36.1 Å². The van der Waals surface area contributed by atoms with Gasteiger partial charge in [0.1, 0.15) is 0 Å². The molecule has 0 amide bonds. The lowest BCUT2D eigenvalue weighted by molar-refractivity contribution is 0.663. The Labute approximate surface area is 136 Å². The lowest BCUT2D eigenvalue weighted by atomic mass is 10.5. The van der Waals surface area contributed by atoms with Crippen molar-refractivity contribution in [1.82, 2.24) is 15.5 Å². The van der Waals surface area contributed by atoms with Gasteiger partial charge in [0.05, 0.1) is 0 Å². The van der Waals surface area contributed by atoms with Crippen LogP contribution in [0.25, 0.3) is 0 Å². The van der Waals surface area contributed by atoms with E-state index in [0.29, 0.717) is 0 Å². The Bertz CT molecular complexity index is 206. The van der Waals surface area contributed by atoms with Crippen molar-refractivity contribution in [3.05, 3.63) is 0 Å². The minimum atomic E-state index is -0.0331. The summed E-state index contributed by atoms with van der Waals surface area (Å²) in [6, 6.07) is 0. The fourth-order valence-corrected chi connectivity index (χ4v) is 7.18. The quantitative estimate of drug-likeness (QED) is 0.370. The summed E-state index contributed by atoms with van der Waals surface area (Å²) in [5.41, 5.74) is 3.06. The number of nitrogens with one attached hydrogen (secondary N) is 3. The first-order valence-electron chi connectivity index (χ1n) is 8.51. The van der Waals surface area contributed by atoms with E-state index in [1.807, 2.05) is 0 Å². The van der Waals surface area contributed by atoms with Crippen LogP contribution in [0.4, 0.5) is 0 Å². The number of hydrogen-bond donors (Lipinski definition) is 3. The molecule has 0 fully saturated rings. The summed E-state index contributed by atoms with van der Waals surface area (Å²) in [6.45, 7) is 23.0. The number of hydrogen-bond acceptors (Lipinski definition) is 3. The van der Waals surface area contributed by atoms with Crippen molar-refractivity contribution < 1.29 is 0 Å². The van der Waals surface area contributed by atoms with Crippen LogP contribution in [0, 0.1) is 0 Å². The first-order chi connectivity index (χ1) is 9.77. The molecule has 5 heteroatoms. The van der Waals surface area contributed by atoms with Gasteiger partial charge in [0.2, 0.25) is 0 Å². The maximum absolute atomic E-state index is 3.74. The third-order valence-electron chi connectivity index (χ3n) is 3.42. The molecule has 0 aliphatic heterocycles. The van der Waals surface area contributed by atoms with Crippen LogP contribution in [0.1, 0.15) is 55.4 Å². The van der Waals surface area contributed by atoms with Gasteiger partial charge in [-0.25, -0.2) is 0 Å². The highest BCUT2D eigenvalue weighted by Gasteiger charge is 2.16. The molecule has 0 unspecified atom stereocenters. The molecule has 0 saturated heterocycles. The Morgan fingerprint density at radius 1 is 0.524 bits per heavy atom. The molecule has 3 N–H and O–H groups in total. The standard InChI is InChI=1S/C16H39N3P2/c1-13(2)20(14(3)4)18-11-9-17-10-12-19-21(15(5)6)16(7)8/h13-19H,9-12H2,1-8H3. The van der Waals surface area contributed by atoms with Gasteiger partial charge in [-0.3, -0.25) is 10.2 Å². The maximum Gasteiger partial charge on any atom is 0.0116 e. The third kappa shape index (κ3) is 10.2. The second-order valence-corrected chi connectivity index (χ2v) is 13.1. The first kappa shape index (κ1) is 21.7. The SMILES string of the molecule is CC(C)P(NCCNCCNP(C(C)C)C(C)C)C(C)C. The predicted octanol–water partition coefficient (Wildman–Crippen LogP) is 4.18. The van der Waals surface area contributed by atoms with Crippen LogP contribution < -0.4 is 15.5 Å². The molecule has 0 aliphatic carbocycles. The Morgan fingerprint density at radius 3 is 1.05 bits per heavy atom. The van der Waals surface area contributed by atoms with E-state index in [-0.39, 0.29) is 16.1 Å². The summed E-state index contributed by atoms with van der Waals surface area (Å²) in [4.78, 5) is 0. The zero-order valence-corrected chi connectivity index (χ0v) is 17.3. The van der Waals surface area contributed by atoms with E-state index >= 15 is 0 Å². The van der Waals surface area contributed by atoms with E-state index in [2.05, 4.69) is 70.9 Å². The lowest BCUT2D eigenvalue weighted by Crippen LogP contribution is -2.32. The van der Waals surface area contributed by atoms with Crippen molar-refractivity contribution in [1.29, 1.82) is 0 Å². The average molecular weight is 335 g/mol. The van der Waals surface area contributed by atoms with E-state index in [0.717, 1.165) is 48.8 Å². The molecule has 0 aliphatic rings. The van der Waals surface area contributed by atoms with E-state index in [9.17, 15) is 0 Å². The van der Waals surface area contributed by atoms with Crippen LogP contribution in [0.15, 0.2) is 0 Å². The van der Waals surface area contributed by atoms with Crippen molar-refractivity contribution in [3.8, 4) is 0 Å². The average Bonchev–Trinajstić information content (AvgIpc) is 2.34. The Kier molecular flexibility index (Phi) is 12.6. The minimum Gasteiger partial charge on any atom is -0.314 e. The molecular weight excluding hydrogens is 296 g/mol. The van der Waals surface area contributed by atoms with Crippen molar-refractivity contribution >= 4 is 16.1 Å². The highest BCUT2D eigenvalue weighted by Crippen LogP contribution is 2.41. The molecule has 0 saturated carbocycles. The summed E-state index contributed by atoms with van der Waals surface area (Å²) in [5.74, 6) is 0. The molecule has 0 aromatic heterocycles. The first-order valence-corrected chi connectivity index (χ1v) is 11.5. The van der Waals surface area contributed by atoms with Gasteiger partial charge in [-0.05, 0) is 38.8 Å². The summed E-state index contributed by atoms with van der Waals surface area (Å²) >= 11 is 0. The largest absolute Gasteiger partial charge is 0.314 e. The normalized spacial score (nSPS) is 12.9. The van der Waals surface area contributed by atoms with Crippen LogP contribution in [-0.4, -0.2) is 48.8 Å². The van der Waals surface area contributed by atoms with Crippen molar-refractivity contribution in [2.45, 2.75) is 78.0 Å². The molecule has 21 heavy (non-hydrogen) atoms. The van der Waals surface area contributed by atoms with Gasteiger partial charge in [-0.15, -0.1) is 0 Å². The van der Waals surface area contributed by atoms with Crippen molar-refractivity contribution in [3.63, 3.8) is 0 Å². The van der Waals surface area contributed by atoms with Gasteiger partial charge in [0, 0.05) is 26.2 Å². The molecular formula is C16H39N3P2. The molecule has 0 bridgehead atoms. The molecule has 0 rings (SSSR count). The zero-order valence-electron chi connectivity index (χ0n) is 15.5. The monoisotopic (exact) mass is 335 g/mol. The molecule has 0 aromatic carbocycles. The van der Waals surface area contributed by atoms with Crippen molar-refractivity contribution in [2.75, 3.05) is 26.2 Å². The Hall–Kier alpha value is 0.740. The summed E-state index contributed by atoms with van der Waals surface area (Å²) in [7, 11) is -0.0663. The van der Waals surface area contributed by atoms with Crippen LogP contribution in [0.5, 0.6) is 0 Å². The number of rotatable bonds is 12. The Balaban J connectivity index is 3.68. The Morgan fingerprint density at radius 2 is 0.810 bits per heavy atom. The molecule has 0 atom stereocenters. The van der Waals surface area contributed by atoms with E-state index in [4.69, 9.17) is 0 Å². The molecule has 0 spiro atoms. The lowest BCUT2D eigenvalue weighted by Gasteiger charge is -2.27. The molecule has 0 heterocycles.